The van der Waals surface area contributed by atoms with Crippen molar-refractivity contribution in [3.05, 3.63) is 11.1 Å². The van der Waals surface area contributed by atoms with Crippen LogP contribution in [0.1, 0.15) is 120 Å². The molecular formula is C30H50O. The lowest BCUT2D eigenvalue weighted by Gasteiger charge is -2.70. The van der Waals surface area contributed by atoms with Crippen LogP contribution in [0, 0.1) is 50.7 Å². The number of hydrogen-bond acceptors (Lipinski definition) is 1. The van der Waals surface area contributed by atoms with Gasteiger partial charge in [0.25, 0.3) is 0 Å². The average Bonchev–Trinajstić information content (AvgIpc) is 2.70. The van der Waals surface area contributed by atoms with Crippen LogP contribution >= 0.6 is 0 Å². The van der Waals surface area contributed by atoms with Crippen LogP contribution in [-0.4, -0.2) is 11.2 Å². The Morgan fingerprint density at radius 1 is 0.742 bits per heavy atom. The monoisotopic (exact) mass is 426 g/mol. The molecule has 0 amide bonds. The van der Waals surface area contributed by atoms with Crippen LogP contribution in [0.5, 0.6) is 0 Å². The predicted octanol–water partition coefficient (Wildman–Crippen LogP) is 8.17. The maximum Gasteiger partial charge on any atom is 0.0594 e. The molecule has 5 rings (SSSR count). The van der Waals surface area contributed by atoms with Crippen molar-refractivity contribution in [3.8, 4) is 0 Å². The van der Waals surface area contributed by atoms with Crippen LogP contribution in [0.25, 0.3) is 0 Å². The molecule has 0 heterocycles. The molecule has 0 aromatic heterocycles. The summed E-state index contributed by atoms with van der Waals surface area (Å²) in [6, 6.07) is 0. The molecule has 31 heavy (non-hydrogen) atoms. The van der Waals surface area contributed by atoms with E-state index in [1.165, 1.54) is 57.8 Å². The normalized spacial score (nSPS) is 56.2. The summed E-state index contributed by atoms with van der Waals surface area (Å²) in [5, 5.41) is 10.9. The Bertz CT molecular complexity index is 792. The van der Waals surface area contributed by atoms with Gasteiger partial charge < -0.3 is 5.11 Å². The Labute approximate surface area is 192 Å². The molecule has 9 atom stereocenters. The molecule has 0 spiro atoms. The summed E-state index contributed by atoms with van der Waals surface area (Å²) in [5.74, 6) is 3.23. The van der Waals surface area contributed by atoms with Crippen LogP contribution in [0.2, 0.25) is 0 Å². The fourth-order valence-electron chi connectivity index (χ4n) is 11.0. The van der Waals surface area contributed by atoms with Crippen molar-refractivity contribution in [1.29, 1.82) is 0 Å². The van der Waals surface area contributed by atoms with Crippen LogP contribution in [0.15, 0.2) is 11.1 Å². The number of hydrogen-bond donors (Lipinski definition) is 1. The lowest BCUT2D eigenvalue weighted by atomic mass is 9.35. The molecule has 0 unspecified atom stereocenters. The minimum absolute atomic E-state index is 0.0473. The fourth-order valence-corrected chi connectivity index (χ4v) is 11.0. The molecule has 1 N–H and O–H groups in total. The highest BCUT2D eigenvalue weighted by atomic mass is 16.3. The van der Waals surface area contributed by atoms with Gasteiger partial charge in [-0.1, -0.05) is 66.5 Å². The molecular weight excluding hydrogens is 376 g/mol. The molecule has 0 aromatic rings. The molecule has 3 fully saturated rings. The Kier molecular flexibility index (Phi) is 4.82. The zero-order valence-electron chi connectivity index (χ0n) is 21.9. The predicted molar refractivity (Wildman–Crippen MR) is 131 cm³/mol. The first-order chi connectivity index (χ1) is 14.3. The lowest BCUT2D eigenvalue weighted by molar-refractivity contribution is -0.165. The van der Waals surface area contributed by atoms with E-state index in [0.717, 1.165) is 24.2 Å². The summed E-state index contributed by atoms with van der Waals surface area (Å²) in [6.07, 6.45) is 13.1. The molecule has 176 valence electrons. The number of allylic oxidation sites excluding steroid dienone is 2. The number of rotatable bonds is 0. The third-order valence-corrected chi connectivity index (χ3v) is 13.2. The van der Waals surface area contributed by atoms with Crippen molar-refractivity contribution in [3.63, 3.8) is 0 Å². The molecule has 1 nitrogen and oxygen atoms in total. The standard InChI is InChI=1S/C30H50O/c1-19-11-14-27(5)17-18-29(7)22-9-10-23-26(3,4)24(31)13-15-28(23,6)21(22)12-16-30(29,8)25(27)20(19)2/h19-20,23-25,31H,9-18H2,1-8H3/t19-,20+,23+,24-,25-,27-,28-,29+,30-/m0/s1. The molecule has 1 heteroatoms. The van der Waals surface area contributed by atoms with Gasteiger partial charge in [-0.05, 0) is 115 Å². The van der Waals surface area contributed by atoms with Gasteiger partial charge in [-0.3, -0.25) is 0 Å². The highest BCUT2D eigenvalue weighted by molar-refractivity contribution is 5.38. The van der Waals surface area contributed by atoms with Gasteiger partial charge >= 0.3 is 0 Å². The van der Waals surface area contributed by atoms with Crippen LogP contribution in [0.4, 0.5) is 0 Å². The van der Waals surface area contributed by atoms with Gasteiger partial charge in [0.2, 0.25) is 0 Å². The van der Waals surface area contributed by atoms with E-state index in [1.807, 2.05) is 11.1 Å². The van der Waals surface area contributed by atoms with Gasteiger partial charge in [-0.2, -0.15) is 0 Å². The largest absolute Gasteiger partial charge is 0.393 e. The molecule has 0 aromatic carbocycles. The van der Waals surface area contributed by atoms with E-state index in [2.05, 4.69) is 55.4 Å². The van der Waals surface area contributed by atoms with Crippen molar-refractivity contribution in [1.82, 2.24) is 0 Å². The SMILES string of the molecule is C[C@@H]1[C@@H](C)CC[C@@]2(C)CC[C@]3(C)C4=C(CC[C@@]3(C)[C@@H]12)[C@]1(C)CC[C@H](O)C(C)(C)[C@H]1CC4. The van der Waals surface area contributed by atoms with Crippen LogP contribution < -0.4 is 0 Å². The maximum absolute atomic E-state index is 10.9. The molecule has 0 saturated heterocycles. The summed E-state index contributed by atoms with van der Waals surface area (Å²) in [7, 11) is 0. The maximum atomic E-state index is 10.9. The highest BCUT2D eigenvalue weighted by Gasteiger charge is 2.66. The van der Waals surface area contributed by atoms with Crippen molar-refractivity contribution in [2.75, 3.05) is 0 Å². The second kappa shape index (κ2) is 6.64. The zero-order valence-corrected chi connectivity index (χ0v) is 21.9. The van der Waals surface area contributed by atoms with E-state index < -0.39 is 0 Å². The first-order valence-corrected chi connectivity index (χ1v) is 13.7. The molecule has 0 radical (unpaired) electrons. The van der Waals surface area contributed by atoms with Gasteiger partial charge in [-0.25, -0.2) is 0 Å². The summed E-state index contributed by atoms with van der Waals surface area (Å²) in [5.41, 5.74) is 5.50. The van der Waals surface area contributed by atoms with E-state index in [0.29, 0.717) is 27.6 Å². The summed E-state index contributed by atoms with van der Waals surface area (Å²) in [6.45, 7) is 20.6. The van der Waals surface area contributed by atoms with Gasteiger partial charge in [-0.15, -0.1) is 0 Å². The third-order valence-electron chi connectivity index (χ3n) is 13.2. The minimum atomic E-state index is -0.128. The Morgan fingerprint density at radius 2 is 1.45 bits per heavy atom. The quantitative estimate of drug-likeness (QED) is 0.387. The van der Waals surface area contributed by atoms with Crippen LogP contribution in [-0.2, 0) is 0 Å². The van der Waals surface area contributed by atoms with E-state index in [4.69, 9.17) is 0 Å². The zero-order chi connectivity index (χ0) is 22.6. The fraction of sp³-hybridized carbons (Fsp3) is 0.933. The van der Waals surface area contributed by atoms with Crippen molar-refractivity contribution < 1.29 is 5.11 Å². The van der Waals surface area contributed by atoms with Crippen molar-refractivity contribution in [2.45, 2.75) is 126 Å². The van der Waals surface area contributed by atoms with Gasteiger partial charge in [0, 0.05) is 0 Å². The van der Waals surface area contributed by atoms with E-state index in [1.54, 1.807) is 0 Å². The Hall–Kier alpha value is -0.300. The van der Waals surface area contributed by atoms with Crippen molar-refractivity contribution in [2.24, 2.45) is 50.7 Å². The lowest BCUT2D eigenvalue weighted by Crippen LogP contribution is -2.62. The first-order valence-electron chi connectivity index (χ1n) is 13.7. The first kappa shape index (κ1) is 22.5. The summed E-state index contributed by atoms with van der Waals surface area (Å²) >= 11 is 0. The number of fused-ring (bicyclic) bond motifs is 6. The molecule has 3 saturated carbocycles. The molecule has 5 aliphatic rings. The minimum Gasteiger partial charge on any atom is -0.393 e. The molecule has 5 aliphatic carbocycles. The molecule has 0 bridgehead atoms. The smallest absolute Gasteiger partial charge is 0.0594 e. The third kappa shape index (κ3) is 2.65. The summed E-state index contributed by atoms with van der Waals surface area (Å²) in [4.78, 5) is 0. The Morgan fingerprint density at radius 3 is 2.16 bits per heavy atom. The van der Waals surface area contributed by atoms with Crippen LogP contribution in [0.3, 0.4) is 0 Å². The van der Waals surface area contributed by atoms with Gasteiger partial charge in [0.1, 0.15) is 0 Å². The Balaban J connectivity index is 1.61. The van der Waals surface area contributed by atoms with Gasteiger partial charge in [0.15, 0.2) is 0 Å². The van der Waals surface area contributed by atoms with E-state index >= 15 is 0 Å². The van der Waals surface area contributed by atoms with E-state index in [-0.39, 0.29) is 11.5 Å². The summed E-state index contributed by atoms with van der Waals surface area (Å²) < 4.78 is 0. The second-order valence-corrected chi connectivity index (χ2v) is 14.6. The van der Waals surface area contributed by atoms with Gasteiger partial charge in [0.05, 0.1) is 6.10 Å². The highest BCUT2D eigenvalue weighted by Crippen LogP contribution is 2.75. The average molecular weight is 427 g/mol. The number of aliphatic hydroxyl groups is 1. The second-order valence-electron chi connectivity index (χ2n) is 14.6. The van der Waals surface area contributed by atoms with E-state index in [9.17, 15) is 5.11 Å². The molecule has 0 aliphatic heterocycles. The number of aliphatic hydroxyl groups excluding tert-OH is 1. The van der Waals surface area contributed by atoms with Crippen molar-refractivity contribution >= 4 is 0 Å². The topological polar surface area (TPSA) is 20.2 Å².